The summed E-state index contributed by atoms with van der Waals surface area (Å²) in [6.07, 6.45) is 0. The first-order chi connectivity index (χ1) is 9.10. The van der Waals surface area contributed by atoms with E-state index < -0.39 is 0 Å². The smallest absolute Gasteiger partial charge is 0.126 e. The summed E-state index contributed by atoms with van der Waals surface area (Å²) in [6.45, 7) is 3.82. The van der Waals surface area contributed by atoms with Crippen LogP contribution >= 0.6 is 0 Å². The maximum Gasteiger partial charge on any atom is 0.126 e. The van der Waals surface area contributed by atoms with Gasteiger partial charge < -0.3 is 10.1 Å². The fourth-order valence-electron chi connectivity index (χ4n) is 1.98. The first kappa shape index (κ1) is 13.4. The number of rotatable bonds is 4. The van der Waals surface area contributed by atoms with Crippen molar-refractivity contribution in [3.05, 3.63) is 59.4 Å². The predicted molar refractivity (Wildman–Crippen MR) is 76.2 cm³/mol. The fraction of sp³-hybridized carbons (Fsp3) is 0.250. The number of benzene rings is 2. The minimum absolute atomic E-state index is 0.125. The van der Waals surface area contributed by atoms with Crippen LogP contribution in [0.1, 0.15) is 24.1 Å². The Morgan fingerprint density at radius 1 is 1.16 bits per heavy atom. The van der Waals surface area contributed by atoms with E-state index in [4.69, 9.17) is 4.74 Å². The molecule has 0 bridgehead atoms. The molecule has 0 fully saturated rings. The topological polar surface area (TPSA) is 21.3 Å². The number of ether oxygens (including phenoxy) is 1. The van der Waals surface area contributed by atoms with Crippen LogP contribution in [0, 0.1) is 12.7 Å². The van der Waals surface area contributed by atoms with Gasteiger partial charge >= 0.3 is 0 Å². The molecule has 19 heavy (non-hydrogen) atoms. The molecular weight excluding hydrogens is 241 g/mol. The van der Waals surface area contributed by atoms with Gasteiger partial charge in [-0.1, -0.05) is 12.1 Å². The third-order valence-corrected chi connectivity index (χ3v) is 3.13. The van der Waals surface area contributed by atoms with E-state index in [1.807, 2.05) is 30.3 Å². The van der Waals surface area contributed by atoms with Crippen LogP contribution in [-0.2, 0) is 0 Å². The molecule has 0 aromatic heterocycles. The van der Waals surface area contributed by atoms with Crippen LogP contribution in [0.2, 0.25) is 0 Å². The van der Waals surface area contributed by atoms with Gasteiger partial charge in [0.2, 0.25) is 0 Å². The van der Waals surface area contributed by atoms with Crippen molar-refractivity contribution in [3.8, 4) is 5.75 Å². The lowest BCUT2D eigenvalue weighted by Crippen LogP contribution is -2.07. The van der Waals surface area contributed by atoms with Crippen molar-refractivity contribution in [1.82, 2.24) is 0 Å². The van der Waals surface area contributed by atoms with E-state index in [0.717, 1.165) is 17.0 Å². The van der Waals surface area contributed by atoms with E-state index in [2.05, 4.69) is 12.2 Å². The lowest BCUT2D eigenvalue weighted by molar-refractivity contribution is 0.414. The summed E-state index contributed by atoms with van der Waals surface area (Å²) in [4.78, 5) is 0. The van der Waals surface area contributed by atoms with Crippen molar-refractivity contribution in [2.24, 2.45) is 0 Å². The SMILES string of the molecule is COc1cccc(C(C)Nc2ccc(F)c(C)c2)c1. The Bertz CT molecular complexity index is 568. The van der Waals surface area contributed by atoms with Gasteiger partial charge in [0.05, 0.1) is 7.11 Å². The lowest BCUT2D eigenvalue weighted by Gasteiger charge is -2.17. The zero-order chi connectivity index (χ0) is 13.8. The Hall–Kier alpha value is -2.03. The lowest BCUT2D eigenvalue weighted by atomic mass is 10.1. The first-order valence-corrected chi connectivity index (χ1v) is 6.27. The van der Waals surface area contributed by atoms with Crippen LogP contribution in [0.15, 0.2) is 42.5 Å². The minimum Gasteiger partial charge on any atom is -0.497 e. The van der Waals surface area contributed by atoms with Gasteiger partial charge in [-0.25, -0.2) is 4.39 Å². The maximum absolute atomic E-state index is 13.2. The van der Waals surface area contributed by atoms with Gasteiger partial charge in [0.15, 0.2) is 0 Å². The highest BCUT2D eigenvalue weighted by atomic mass is 19.1. The molecule has 0 spiro atoms. The monoisotopic (exact) mass is 259 g/mol. The number of anilines is 1. The number of aryl methyl sites for hydroxylation is 1. The van der Waals surface area contributed by atoms with Crippen molar-refractivity contribution in [1.29, 1.82) is 0 Å². The largest absolute Gasteiger partial charge is 0.497 e. The highest BCUT2D eigenvalue weighted by Gasteiger charge is 2.07. The Morgan fingerprint density at radius 2 is 1.95 bits per heavy atom. The van der Waals surface area contributed by atoms with Gasteiger partial charge in [-0.15, -0.1) is 0 Å². The molecule has 0 heterocycles. The molecule has 1 unspecified atom stereocenters. The third-order valence-electron chi connectivity index (χ3n) is 3.13. The molecule has 0 radical (unpaired) electrons. The van der Waals surface area contributed by atoms with E-state index in [1.54, 1.807) is 20.1 Å². The number of nitrogens with one attached hydrogen (secondary N) is 1. The van der Waals surface area contributed by atoms with E-state index in [0.29, 0.717) is 5.56 Å². The van der Waals surface area contributed by atoms with Gasteiger partial charge in [0.1, 0.15) is 11.6 Å². The molecule has 3 heteroatoms. The van der Waals surface area contributed by atoms with E-state index >= 15 is 0 Å². The van der Waals surface area contributed by atoms with Gasteiger partial charge in [0, 0.05) is 11.7 Å². The Labute approximate surface area is 113 Å². The predicted octanol–water partition coefficient (Wildman–Crippen LogP) is 4.32. The summed E-state index contributed by atoms with van der Waals surface area (Å²) in [5.74, 6) is 0.654. The number of methoxy groups -OCH3 is 1. The van der Waals surface area contributed by atoms with E-state index in [-0.39, 0.29) is 11.9 Å². The second-order valence-corrected chi connectivity index (χ2v) is 4.61. The molecule has 0 aliphatic heterocycles. The quantitative estimate of drug-likeness (QED) is 0.883. The Kier molecular flexibility index (Phi) is 4.05. The van der Waals surface area contributed by atoms with Crippen molar-refractivity contribution < 1.29 is 9.13 Å². The molecule has 2 aromatic rings. The van der Waals surface area contributed by atoms with Gasteiger partial charge in [-0.3, -0.25) is 0 Å². The highest BCUT2D eigenvalue weighted by molar-refractivity contribution is 5.48. The summed E-state index contributed by atoms with van der Waals surface area (Å²) in [5.41, 5.74) is 2.68. The summed E-state index contributed by atoms with van der Waals surface area (Å²) >= 11 is 0. The van der Waals surface area contributed by atoms with Gasteiger partial charge in [-0.2, -0.15) is 0 Å². The van der Waals surface area contributed by atoms with Crippen LogP contribution in [0.4, 0.5) is 10.1 Å². The molecule has 0 amide bonds. The van der Waals surface area contributed by atoms with Crippen LogP contribution in [0.3, 0.4) is 0 Å². The average Bonchev–Trinajstić information content (AvgIpc) is 2.43. The second kappa shape index (κ2) is 5.74. The summed E-state index contributed by atoms with van der Waals surface area (Å²) in [7, 11) is 1.65. The van der Waals surface area contributed by atoms with Crippen LogP contribution in [0.25, 0.3) is 0 Å². The van der Waals surface area contributed by atoms with Crippen molar-refractivity contribution in [3.63, 3.8) is 0 Å². The molecule has 0 saturated carbocycles. The molecule has 100 valence electrons. The number of hydrogen-bond acceptors (Lipinski definition) is 2. The Morgan fingerprint density at radius 3 is 2.63 bits per heavy atom. The van der Waals surface area contributed by atoms with Crippen molar-refractivity contribution in [2.75, 3.05) is 12.4 Å². The molecule has 2 nitrogen and oxygen atoms in total. The normalized spacial score (nSPS) is 12.0. The standard InChI is InChI=1S/C16H18FNO/c1-11-9-14(7-8-16(11)17)18-12(2)13-5-4-6-15(10-13)19-3/h4-10,12,18H,1-3H3. The van der Waals surface area contributed by atoms with Crippen LogP contribution in [-0.4, -0.2) is 7.11 Å². The Balaban J connectivity index is 2.15. The molecule has 0 aliphatic rings. The molecule has 2 aromatic carbocycles. The highest BCUT2D eigenvalue weighted by Crippen LogP contribution is 2.23. The molecule has 1 atom stereocenters. The van der Waals surface area contributed by atoms with E-state index in [9.17, 15) is 4.39 Å². The maximum atomic E-state index is 13.2. The average molecular weight is 259 g/mol. The van der Waals surface area contributed by atoms with Crippen LogP contribution in [0.5, 0.6) is 5.75 Å². The van der Waals surface area contributed by atoms with Gasteiger partial charge in [-0.05, 0) is 55.3 Å². The zero-order valence-corrected chi connectivity index (χ0v) is 11.4. The molecule has 2 rings (SSSR count). The second-order valence-electron chi connectivity index (χ2n) is 4.61. The minimum atomic E-state index is -0.181. The number of halogens is 1. The molecule has 0 aliphatic carbocycles. The molecule has 0 saturated heterocycles. The van der Waals surface area contributed by atoms with Crippen LogP contribution < -0.4 is 10.1 Å². The summed E-state index contributed by atoms with van der Waals surface area (Å²) in [5, 5.41) is 3.36. The zero-order valence-electron chi connectivity index (χ0n) is 11.4. The fourth-order valence-corrected chi connectivity index (χ4v) is 1.98. The van der Waals surface area contributed by atoms with Crippen molar-refractivity contribution >= 4 is 5.69 Å². The van der Waals surface area contributed by atoms with Gasteiger partial charge in [0.25, 0.3) is 0 Å². The third kappa shape index (κ3) is 3.25. The first-order valence-electron chi connectivity index (χ1n) is 6.27. The molecule has 1 N–H and O–H groups in total. The number of hydrogen-bond donors (Lipinski definition) is 1. The van der Waals surface area contributed by atoms with Crippen molar-refractivity contribution in [2.45, 2.75) is 19.9 Å². The van der Waals surface area contributed by atoms with E-state index in [1.165, 1.54) is 6.07 Å². The molecular formula is C16H18FNO. The summed E-state index contributed by atoms with van der Waals surface area (Å²) in [6, 6.07) is 13.1. The summed E-state index contributed by atoms with van der Waals surface area (Å²) < 4.78 is 18.4.